The Morgan fingerprint density at radius 2 is 0.780 bits per heavy atom. The number of nitrogen functional groups attached to an aromatic ring is 1. The number of aromatic nitrogens is 12. The number of para-hydroxylation sites is 1. The van der Waals surface area contributed by atoms with E-state index < -0.39 is 44.5 Å². The number of esters is 4. The van der Waals surface area contributed by atoms with Crippen LogP contribution in [0.4, 0.5) is 16.2 Å². The second-order valence-corrected chi connectivity index (χ2v) is 34.0. The van der Waals surface area contributed by atoms with Crippen LogP contribution in [0.2, 0.25) is 0 Å². The molecule has 712 valence electrons. The largest absolute Gasteiger partial charge is 1.00 e. The summed E-state index contributed by atoms with van der Waals surface area (Å²) < 4.78 is 73.9. The van der Waals surface area contributed by atoms with E-state index in [0.29, 0.717) is 120 Å². The Morgan fingerprint density at radius 3 is 1.11 bits per heavy atom. The predicted molar refractivity (Wildman–Crippen MR) is 470 cm³/mol. The number of carbonyl (C=O) groups is 6. The fourth-order valence-corrected chi connectivity index (χ4v) is 14.1. The number of nitrogens with two attached hydrogens (primary N) is 1. The van der Waals surface area contributed by atoms with Crippen LogP contribution < -0.4 is 53.0 Å². The van der Waals surface area contributed by atoms with Crippen molar-refractivity contribution < 1.29 is 140 Å². The van der Waals surface area contributed by atoms with E-state index in [9.17, 15) is 49.1 Å². The number of non-ortho nitro benzene ring substituents is 1. The number of carbonyl (C=O) groups excluding carboxylic acids is 5. The van der Waals surface area contributed by atoms with Crippen LogP contribution in [-0.4, -0.2) is 213 Å². The molecule has 0 fully saturated rings. The number of carboxylic acids is 1. The number of nitro benzene ring substituents is 1. The van der Waals surface area contributed by atoms with Crippen LogP contribution in [0.3, 0.4) is 0 Å². The second-order valence-electron chi connectivity index (χ2n) is 33.6. The van der Waals surface area contributed by atoms with Crippen molar-refractivity contribution in [1.82, 2.24) is 60.6 Å². The summed E-state index contributed by atoms with van der Waals surface area (Å²) in [4.78, 5) is 87.6. The summed E-state index contributed by atoms with van der Waals surface area (Å²) in [5, 5.41) is 76.3. The normalized spacial score (nSPS) is 14.7. The van der Waals surface area contributed by atoms with Crippen LogP contribution in [0.5, 0.6) is 34.5 Å². The Morgan fingerprint density at radius 1 is 0.462 bits per heavy atom. The van der Waals surface area contributed by atoms with Crippen molar-refractivity contribution in [3.05, 3.63) is 185 Å². The molecule has 0 atom stereocenters. The molecule has 6 aromatic carbocycles. The SMILES string of the molecule is CC(C)COC(=O)Cl.CC1(C)Cc2cc(-n3cnnn3)cc(C(=O)O)c2O1.CC1(C)Cc2cc(-n3cnnn3)cc(CO)c2O1.CCOC(=O)c1cc(-n2cnnn2)cc2c1OC(C)(C)C2.CCOC(=O)c1cc(N)cc2c1OC(C)(C)C2.CCOC(=O)c1cc([N+](=O)[O-])cc2c1OC(C)(C)C2.CCOC(=O)c1cccc2c1OC(C)(C)C2.CCOC(C)OCC.O=[N+]([O-])O.[Li+].[OH-]. The number of benzene rings is 6. The molecular formula is C88H115ClLiN15O27. The minimum Gasteiger partial charge on any atom is -0.870 e. The van der Waals surface area contributed by atoms with E-state index >= 15 is 0 Å². The molecule has 9 aromatic rings. The van der Waals surface area contributed by atoms with E-state index in [-0.39, 0.29) is 95.0 Å². The van der Waals surface area contributed by atoms with Crippen molar-refractivity contribution >= 4 is 58.3 Å². The van der Waals surface area contributed by atoms with E-state index in [1.54, 1.807) is 50.6 Å². The van der Waals surface area contributed by atoms with Crippen molar-refractivity contribution in [2.24, 2.45) is 5.92 Å². The summed E-state index contributed by atoms with van der Waals surface area (Å²) in [7, 11) is 0. The van der Waals surface area contributed by atoms with Crippen LogP contribution in [0, 0.1) is 26.1 Å². The van der Waals surface area contributed by atoms with Gasteiger partial charge in [0.1, 0.15) is 115 Å². The first-order valence-corrected chi connectivity index (χ1v) is 42.0. The van der Waals surface area contributed by atoms with Gasteiger partial charge in [-0.15, -0.1) is 25.4 Å². The van der Waals surface area contributed by atoms with E-state index in [0.717, 1.165) is 77.3 Å². The third-order valence-corrected chi connectivity index (χ3v) is 18.8. The number of hydrogen-bond acceptors (Lipinski definition) is 35. The maximum atomic E-state index is 12.2. The monoisotopic (exact) mass is 1860 g/mol. The van der Waals surface area contributed by atoms with Crippen molar-refractivity contribution in [2.45, 2.75) is 230 Å². The zero-order valence-electron chi connectivity index (χ0n) is 78.2. The fraction of sp³-hybridized carbons (Fsp3) is 0.489. The van der Waals surface area contributed by atoms with Crippen molar-refractivity contribution in [2.75, 3.05) is 52.0 Å². The summed E-state index contributed by atoms with van der Waals surface area (Å²) >= 11 is 4.86. The quantitative estimate of drug-likeness (QED) is 0.00805. The molecule has 42 nitrogen and oxygen atoms in total. The van der Waals surface area contributed by atoms with Crippen LogP contribution >= 0.6 is 11.6 Å². The van der Waals surface area contributed by atoms with Crippen LogP contribution in [-0.2, 0) is 78.3 Å². The number of carboxylic acid groups (broad SMARTS) is 1. The average Bonchev–Trinajstić information content (AvgIpc) is 1.63. The number of tetrazole rings is 3. The first-order valence-electron chi connectivity index (χ1n) is 41.6. The molecule has 0 spiro atoms. The Labute approximate surface area is 779 Å². The summed E-state index contributed by atoms with van der Waals surface area (Å²) in [5.74, 6) is 1.17. The molecule has 0 bridgehead atoms. The molecule has 0 saturated carbocycles. The van der Waals surface area contributed by atoms with Crippen molar-refractivity contribution in [3.63, 3.8) is 0 Å². The standard InChI is InChI=1S/C14H16N4O3.C13H15NO5.C13H17NO3.C13H16O3.C12H12N4O3.C12H14N4O2.C6H14O2.C5H9ClO2.Li.HNO3.H2O/c1-4-20-13(19)11-6-10(18-8-15-16-17-18)5-9-7-14(2,3)21-12(9)11;1-4-18-12(15)10-6-9(14(16)17)5-8-7-13(2,3)19-11(8)10;1-4-16-12(15)10-6-9(14)5-8-7-13(2,3)17-11(8)10;1-4-15-12(14)10-7-5-6-9-8-13(2,3)16-11(9)10;1-12(2)5-7-3-8(16-6-13-14-15-16)4-9(11(17)18)10(7)19-12;1-12(2)5-8-3-10(16-7-13-14-15-16)4-9(6-17)11(8)18-12;1-4-7-6(3)8-5-2;1-4(2)3-8-5(6)7;;2-1(3)4;/h5-6,8H,4,7H2,1-3H3;5-6H,4,7H2,1-3H3;5-6H,4,7,14H2,1-3H3;5-7H,4,8H2,1-3H3;3-4,6H,5H2,1-2H3,(H,17,18);3-4,7,17H,5-6H2,1-2H3;6H,4-5H2,1-3H3;4H,3H2,1-2H3;;(H,2,3,4);1H2/q;;;;;;;;+1;;/p-1. The van der Waals surface area contributed by atoms with Gasteiger partial charge in [0.2, 0.25) is 0 Å². The van der Waals surface area contributed by atoms with Gasteiger partial charge >= 0.3 is 54.1 Å². The van der Waals surface area contributed by atoms with Crippen LogP contribution in [0.15, 0.2) is 97.8 Å². The molecule has 6 N–H and O–H groups in total. The molecule has 9 heterocycles. The molecule has 6 aliphatic rings. The number of rotatable bonds is 20. The summed E-state index contributed by atoms with van der Waals surface area (Å²) in [5.41, 5.74) is 13.7. The smallest absolute Gasteiger partial charge is 0.870 e. The zero-order valence-corrected chi connectivity index (χ0v) is 78.9. The number of aliphatic hydroxyl groups excluding tert-OH is 1. The Bertz CT molecular complexity index is 5410. The first kappa shape index (κ1) is 110. The number of hydrogen-bond donors (Lipinski definition) is 4. The summed E-state index contributed by atoms with van der Waals surface area (Å²) in [6, 6.07) is 22.6. The van der Waals surface area contributed by atoms with Gasteiger partial charge < -0.3 is 88.2 Å². The van der Waals surface area contributed by atoms with E-state index in [1.807, 2.05) is 160 Å². The molecule has 15 rings (SSSR count). The fourth-order valence-electron chi connectivity index (χ4n) is 14.0. The van der Waals surface area contributed by atoms with Crippen LogP contribution in [0.25, 0.3) is 17.1 Å². The molecule has 0 saturated heterocycles. The van der Waals surface area contributed by atoms with Gasteiger partial charge in [-0.05, 0) is 229 Å². The van der Waals surface area contributed by atoms with E-state index in [1.165, 1.54) is 46.5 Å². The summed E-state index contributed by atoms with van der Waals surface area (Å²) in [6.07, 6.45) is 8.68. The van der Waals surface area contributed by atoms with Gasteiger partial charge in [-0.25, -0.2) is 42.8 Å². The van der Waals surface area contributed by atoms with Crippen molar-refractivity contribution in [1.29, 1.82) is 0 Å². The Balaban J connectivity index is 0.000000269. The van der Waals surface area contributed by atoms with Gasteiger partial charge in [-0.3, -0.25) is 10.1 Å². The number of fused-ring (bicyclic) bond motifs is 6. The molecule has 132 heavy (non-hydrogen) atoms. The minimum absolute atomic E-state index is 0. The van der Waals surface area contributed by atoms with Gasteiger partial charge in [0.25, 0.3) is 10.8 Å². The third-order valence-electron chi connectivity index (χ3n) is 18.7. The average molecular weight is 1860 g/mol. The van der Waals surface area contributed by atoms with Gasteiger partial charge in [-0.2, -0.15) is 0 Å². The van der Waals surface area contributed by atoms with E-state index in [2.05, 4.69) is 51.3 Å². The zero-order chi connectivity index (χ0) is 96.6. The predicted octanol–water partition coefficient (Wildman–Crippen LogP) is 10.6. The molecule has 0 aliphatic carbocycles. The van der Waals surface area contributed by atoms with Crippen LogP contribution in [0.1, 0.15) is 236 Å². The number of nitro groups is 1. The number of anilines is 1. The van der Waals surface area contributed by atoms with Crippen molar-refractivity contribution in [3.8, 4) is 51.6 Å². The molecule has 6 aliphatic heterocycles. The van der Waals surface area contributed by atoms with Gasteiger partial charge in [0.15, 0.2) is 6.29 Å². The molecular weight excluding hydrogens is 1740 g/mol. The molecule has 0 amide bonds. The maximum Gasteiger partial charge on any atom is 1.00 e. The van der Waals surface area contributed by atoms with Gasteiger partial charge in [0, 0.05) is 115 Å². The maximum absolute atomic E-state index is 12.2. The first-order chi connectivity index (χ1) is 61.0. The second kappa shape index (κ2) is 48.4. The number of aromatic carboxylic acids is 1. The Kier molecular flexibility index (Phi) is 40.3. The topological polar surface area (TPSA) is 556 Å². The molecule has 0 unspecified atom stereocenters. The molecule has 3 aromatic heterocycles. The minimum atomic E-state index is -1.50. The number of nitrogens with zero attached hydrogens (tertiary/aromatic N) is 14. The van der Waals surface area contributed by atoms with Gasteiger partial charge in [0.05, 0.1) is 61.6 Å². The number of ether oxygens (including phenoxy) is 13. The summed E-state index contributed by atoms with van der Waals surface area (Å²) in [6.45, 7) is 43.4. The number of aliphatic hydroxyl groups is 1. The Hall–Kier alpha value is -12.7. The molecule has 0 radical (unpaired) electrons. The number of halogens is 1. The molecule has 44 heteroatoms. The third kappa shape index (κ3) is 31.8. The van der Waals surface area contributed by atoms with E-state index in [4.69, 9.17) is 89.5 Å². The van der Waals surface area contributed by atoms with Gasteiger partial charge in [-0.1, -0.05) is 26.0 Å².